The first kappa shape index (κ1) is 35.3. The third kappa shape index (κ3) is 7.38. The van der Waals surface area contributed by atoms with Crippen molar-refractivity contribution in [2.45, 2.75) is 131 Å². The molecule has 0 saturated heterocycles. The van der Waals surface area contributed by atoms with Crippen LogP contribution in [0.1, 0.15) is 113 Å². The Morgan fingerprint density at radius 1 is 0.927 bits per heavy atom. The lowest BCUT2D eigenvalue weighted by Crippen LogP contribution is -2.62. The number of carbonyl (C=O) groups excluding carboxylic acids is 2. The van der Waals surface area contributed by atoms with E-state index < -0.39 is 37.1 Å². The summed E-state index contributed by atoms with van der Waals surface area (Å²) in [5.74, 6) is -0.224. The molecule has 0 spiro atoms. The van der Waals surface area contributed by atoms with Gasteiger partial charge in [0.25, 0.3) is 0 Å². The highest BCUT2D eigenvalue weighted by molar-refractivity contribution is 5.66. The zero-order valence-electron chi connectivity index (χ0n) is 26.6. The quantitative estimate of drug-likeness (QED) is 0.236. The number of rotatable bonds is 7. The average Bonchev–Trinajstić information content (AvgIpc) is 3.29. The van der Waals surface area contributed by atoms with Gasteiger partial charge in [0.05, 0.1) is 12.2 Å². The highest BCUT2D eigenvalue weighted by Gasteiger charge is 2.65. The van der Waals surface area contributed by atoms with Gasteiger partial charge in [-0.05, 0) is 97.7 Å². The van der Waals surface area contributed by atoms with E-state index in [0.29, 0.717) is 32.1 Å². The number of fused-ring (bicyclic) bond motifs is 5. The molecule has 4 aliphatic carbocycles. The summed E-state index contributed by atoms with van der Waals surface area (Å²) in [5.41, 5.74) is -0.393. The van der Waals surface area contributed by atoms with Crippen molar-refractivity contribution in [2.75, 3.05) is 6.79 Å². The molecule has 4 saturated carbocycles. The molecule has 0 radical (unpaired) electrons. The molecule has 0 bridgehead atoms. The predicted octanol–water partition coefficient (Wildman–Crippen LogP) is 6.18. The number of hydrogen-bond donors (Lipinski definition) is 3. The van der Waals surface area contributed by atoms with Crippen LogP contribution >= 0.6 is 0 Å². The van der Waals surface area contributed by atoms with E-state index >= 15 is 0 Å². The van der Waals surface area contributed by atoms with E-state index in [1.807, 2.05) is 27.7 Å². The zero-order chi connectivity index (χ0) is 31.1. The molecule has 0 aliphatic heterocycles. The first-order valence-corrected chi connectivity index (χ1v) is 15.9. The van der Waals surface area contributed by atoms with Gasteiger partial charge in [0, 0.05) is 13.3 Å². The van der Waals surface area contributed by atoms with Crippen LogP contribution in [-0.4, -0.2) is 58.5 Å². The lowest BCUT2D eigenvalue weighted by Gasteiger charge is -2.63. The van der Waals surface area contributed by atoms with Crippen molar-refractivity contribution in [3.8, 4) is 0 Å². The van der Waals surface area contributed by atoms with E-state index in [1.54, 1.807) is 0 Å². The number of hydrogen-bond acceptors (Lipinski definition) is 8. The van der Waals surface area contributed by atoms with Crippen molar-refractivity contribution in [1.82, 2.24) is 0 Å². The minimum absolute atomic E-state index is 0.0687. The summed E-state index contributed by atoms with van der Waals surface area (Å²) in [6, 6.07) is 0. The highest BCUT2D eigenvalue weighted by Crippen LogP contribution is 2.68. The SMILES string of the molecule is CC.CC.CC(=O)OCOC(=O)OC1CCC2(C)C(C1)C[C@@H](O)C1C2C[C@H](O)C2(C)C(C(C)CCC(=O)O)CCC12. The maximum absolute atomic E-state index is 12.0. The van der Waals surface area contributed by atoms with E-state index in [9.17, 15) is 29.7 Å². The molecule has 9 nitrogen and oxygen atoms in total. The van der Waals surface area contributed by atoms with Crippen molar-refractivity contribution in [1.29, 1.82) is 0 Å². The Morgan fingerprint density at radius 2 is 1.59 bits per heavy atom. The second-order valence-electron chi connectivity index (χ2n) is 12.7. The van der Waals surface area contributed by atoms with Gasteiger partial charge in [0.1, 0.15) is 6.10 Å². The Bertz CT molecular complexity index is 877. The molecular formula is C32H56O9. The molecule has 4 rings (SSSR count). The summed E-state index contributed by atoms with van der Waals surface area (Å²) in [6.07, 6.45) is 3.93. The van der Waals surface area contributed by atoms with E-state index in [0.717, 1.165) is 19.3 Å². The fourth-order valence-corrected chi connectivity index (χ4v) is 9.11. The molecule has 0 heterocycles. The molecule has 238 valence electrons. The van der Waals surface area contributed by atoms with Crippen LogP contribution in [0, 0.1) is 46.3 Å². The summed E-state index contributed by atoms with van der Waals surface area (Å²) in [7, 11) is 0. The molecule has 4 fully saturated rings. The molecule has 41 heavy (non-hydrogen) atoms. The van der Waals surface area contributed by atoms with Crippen LogP contribution in [0.4, 0.5) is 4.79 Å². The zero-order valence-corrected chi connectivity index (χ0v) is 26.6. The molecule has 0 amide bonds. The number of carboxylic acids is 1. The number of aliphatic hydroxyl groups excluding tert-OH is 2. The van der Waals surface area contributed by atoms with E-state index in [1.165, 1.54) is 6.92 Å². The van der Waals surface area contributed by atoms with Crippen LogP contribution in [0.25, 0.3) is 0 Å². The number of carbonyl (C=O) groups is 3. The minimum Gasteiger partial charge on any atom is -0.481 e. The van der Waals surface area contributed by atoms with Gasteiger partial charge in [-0.3, -0.25) is 9.59 Å². The second kappa shape index (κ2) is 15.0. The molecule has 3 N–H and O–H groups in total. The lowest BCUT2D eigenvalue weighted by molar-refractivity contribution is -0.207. The third-order valence-corrected chi connectivity index (χ3v) is 11.0. The number of carboxylic acid groups (broad SMARTS) is 1. The Morgan fingerprint density at radius 3 is 2.20 bits per heavy atom. The first-order valence-electron chi connectivity index (χ1n) is 15.9. The van der Waals surface area contributed by atoms with Crippen molar-refractivity contribution < 1.29 is 43.9 Å². The van der Waals surface area contributed by atoms with Crippen molar-refractivity contribution >= 4 is 18.1 Å². The van der Waals surface area contributed by atoms with Crippen molar-refractivity contribution in [3.63, 3.8) is 0 Å². The van der Waals surface area contributed by atoms with Crippen LogP contribution in [0.5, 0.6) is 0 Å². The summed E-state index contributed by atoms with van der Waals surface area (Å²) in [4.78, 5) is 34.1. The van der Waals surface area contributed by atoms with Crippen molar-refractivity contribution in [3.05, 3.63) is 0 Å². The van der Waals surface area contributed by atoms with Crippen LogP contribution in [0.3, 0.4) is 0 Å². The van der Waals surface area contributed by atoms with Crippen LogP contribution in [0.2, 0.25) is 0 Å². The summed E-state index contributed by atoms with van der Waals surface area (Å²) in [5, 5.41) is 32.3. The molecule has 11 atom stereocenters. The largest absolute Gasteiger partial charge is 0.511 e. The fraction of sp³-hybridized carbons (Fsp3) is 0.906. The molecule has 4 aliphatic rings. The van der Waals surface area contributed by atoms with Gasteiger partial charge in [-0.2, -0.15) is 0 Å². The summed E-state index contributed by atoms with van der Waals surface area (Å²) < 4.78 is 15.0. The Kier molecular flexibility index (Phi) is 13.0. The lowest BCUT2D eigenvalue weighted by atomic mass is 9.43. The fourth-order valence-electron chi connectivity index (χ4n) is 9.11. The van der Waals surface area contributed by atoms with Gasteiger partial charge < -0.3 is 29.5 Å². The monoisotopic (exact) mass is 584 g/mol. The summed E-state index contributed by atoms with van der Waals surface area (Å²) in [6.45, 7) is 15.3. The molecule has 9 unspecified atom stereocenters. The van der Waals surface area contributed by atoms with E-state index in [-0.39, 0.29) is 58.9 Å². The van der Waals surface area contributed by atoms with Gasteiger partial charge in [-0.1, -0.05) is 48.5 Å². The van der Waals surface area contributed by atoms with Crippen LogP contribution in [-0.2, 0) is 23.8 Å². The third-order valence-electron chi connectivity index (χ3n) is 11.0. The smallest absolute Gasteiger partial charge is 0.481 e. The van der Waals surface area contributed by atoms with Gasteiger partial charge in [-0.15, -0.1) is 0 Å². The highest BCUT2D eigenvalue weighted by atomic mass is 16.8. The normalized spacial score (nSPS) is 39.6. The number of esters is 1. The second-order valence-corrected chi connectivity index (χ2v) is 12.7. The topological polar surface area (TPSA) is 140 Å². The van der Waals surface area contributed by atoms with Gasteiger partial charge in [0.15, 0.2) is 0 Å². The molecule has 0 aromatic rings. The molecule has 0 aromatic heterocycles. The number of aliphatic carboxylic acids is 1. The predicted molar refractivity (Wildman–Crippen MR) is 155 cm³/mol. The first-order chi connectivity index (χ1) is 19.4. The standard InChI is InChI=1S/C28H44O9.2C2H6/c1-15(5-8-24(32)33)19-6-7-20-25-21(13-23(31)28(19,20)4)27(3)10-9-18(11-17(27)12-22(25)30)37-26(34)36-14-35-16(2)29;2*1-2/h15,17-23,25,30-31H,5-14H2,1-4H3,(H,32,33);2*1-2H3/t15?,17?,18?,19?,20?,21?,22-,23+,25?,27?,28?;;/m1../s1. The maximum Gasteiger partial charge on any atom is 0.511 e. The van der Waals surface area contributed by atoms with Gasteiger partial charge in [0.2, 0.25) is 6.79 Å². The number of aliphatic hydroxyl groups is 2. The number of ether oxygens (including phenoxy) is 3. The Hall–Kier alpha value is -1.87. The van der Waals surface area contributed by atoms with E-state index in [2.05, 4.69) is 25.5 Å². The average molecular weight is 585 g/mol. The molecule has 0 aromatic carbocycles. The molecular weight excluding hydrogens is 528 g/mol. The Balaban J connectivity index is 0.00000141. The Labute approximate surface area is 246 Å². The van der Waals surface area contributed by atoms with E-state index in [4.69, 9.17) is 9.47 Å². The maximum atomic E-state index is 12.0. The van der Waals surface area contributed by atoms with Gasteiger partial charge in [-0.25, -0.2) is 4.79 Å². The van der Waals surface area contributed by atoms with Crippen molar-refractivity contribution in [2.24, 2.45) is 46.3 Å². The van der Waals surface area contributed by atoms with Crippen LogP contribution < -0.4 is 0 Å². The summed E-state index contributed by atoms with van der Waals surface area (Å²) >= 11 is 0. The molecule has 9 heteroatoms. The van der Waals surface area contributed by atoms with Crippen LogP contribution in [0.15, 0.2) is 0 Å². The minimum atomic E-state index is -0.859. The van der Waals surface area contributed by atoms with Gasteiger partial charge >= 0.3 is 18.1 Å².